The third kappa shape index (κ3) is 4.35. The van der Waals surface area contributed by atoms with Crippen molar-refractivity contribution in [3.8, 4) is 22.5 Å². The quantitative estimate of drug-likeness (QED) is 0.232. The topological polar surface area (TPSA) is 72.9 Å². The van der Waals surface area contributed by atoms with Crippen molar-refractivity contribution in [2.24, 2.45) is 7.05 Å². The fourth-order valence-electron chi connectivity index (χ4n) is 5.78. The molecular weight excluding hydrogens is 496 g/mol. The predicted octanol–water partition coefficient (Wildman–Crippen LogP) is 7.57. The van der Waals surface area contributed by atoms with Crippen LogP contribution in [-0.4, -0.2) is 30.2 Å². The van der Waals surface area contributed by atoms with Crippen LogP contribution in [0.25, 0.3) is 44.6 Å². The van der Waals surface area contributed by atoms with Gasteiger partial charge in [-0.2, -0.15) is 0 Å². The fraction of sp³-hybridized carbons (Fsp3) is 0.206. The third-order valence-corrected chi connectivity index (χ3v) is 7.72. The zero-order valence-corrected chi connectivity index (χ0v) is 23.3. The molecule has 0 aliphatic carbocycles. The lowest BCUT2D eigenvalue weighted by Gasteiger charge is -2.14. The summed E-state index contributed by atoms with van der Waals surface area (Å²) < 4.78 is 4.48. The molecule has 6 rings (SSSR count). The van der Waals surface area contributed by atoms with Crippen LogP contribution in [0.1, 0.15) is 46.2 Å². The molecule has 4 aromatic carbocycles. The van der Waals surface area contributed by atoms with Gasteiger partial charge in [0, 0.05) is 25.6 Å². The summed E-state index contributed by atoms with van der Waals surface area (Å²) in [5, 5.41) is 9.69. The van der Waals surface area contributed by atoms with E-state index < -0.39 is 5.97 Å². The van der Waals surface area contributed by atoms with Gasteiger partial charge in [0.2, 0.25) is 0 Å². The molecule has 0 unspecified atom stereocenters. The van der Waals surface area contributed by atoms with Gasteiger partial charge in [-0.1, -0.05) is 55.5 Å². The summed E-state index contributed by atoms with van der Waals surface area (Å²) >= 11 is 0. The molecule has 0 radical (unpaired) electrons. The molecule has 0 amide bonds. The number of para-hydroxylation sites is 2. The Morgan fingerprint density at radius 2 is 1.62 bits per heavy atom. The maximum atomic E-state index is 11.8. The van der Waals surface area contributed by atoms with E-state index >= 15 is 0 Å². The van der Waals surface area contributed by atoms with Gasteiger partial charge in [-0.05, 0) is 78.4 Å². The normalized spacial score (nSPS) is 11.5. The fourth-order valence-corrected chi connectivity index (χ4v) is 5.78. The molecule has 6 aromatic rings. The number of aromatic nitrogens is 4. The number of imidazole rings is 2. The number of nitrogens with zero attached hydrogens (tertiary/aromatic N) is 4. The summed E-state index contributed by atoms with van der Waals surface area (Å²) in [4.78, 5) is 21.9. The zero-order chi connectivity index (χ0) is 28.0. The highest BCUT2D eigenvalue weighted by Gasteiger charge is 2.18. The van der Waals surface area contributed by atoms with Gasteiger partial charge in [-0.15, -0.1) is 0 Å². The van der Waals surface area contributed by atoms with Crippen LogP contribution in [-0.2, 0) is 20.0 Å². The molecule has 0 saturated carbocycles. The Kier molecular flexibility index (Phi) is 6.46. The first kappa shape index (κ1) is 25.6. The van der Waals surface area contributed by atoms with E-state index in [0.29, 0.717) is 12.1 Å². The van der Waals surface area contributed by atoms with E-state index in [-0.39, 0.29) is 0 Å². The average Bonchev–Trinajstić information content (AvgIpc) is 3.47. The highest BCUT2D eigenvalue weighted by atomic mass is 16.4. The molecule has 0 saturated heterocycles. The molecule has 200 valence electrons. The second kappa shape index (κ2) is 10.1. The molecule has 0 fully saturated rings. The Balaban J connectivity index is 1.45. The minimum absolute atomic E-state index is 0.314. The summed E-state index contributed by atoms with van der Waals surface area (Å²) in [6.45, 7) is 7.03. The molecule has 2 heterocycles. The highest BCUT2D eigenvalue weighted by Crippen LogP contribution is 2.32. The van der Waals surface area contributed by atoms with E-state index in [1.165, 1.54) is 0 Å². The van der Waals surface area contributed by atoms with Crippen LogP contribution in [0.3, 0.4) is 0 Å². The maximum Gasteiger partial charge on any atom is 0.336 e. The van der Waals surface area contributed by atoms with Crippen molar-refractivity contribution >= 4 is 28.0 Å². The number of fused-ring (bicyclic) bond motifs is 2. The van der Waals surface area contributed by atoms with E-state index in [9.17, 15) is 9.90 Å². The number of carboxylic acid groups (broad SMARTS) is 1. The Morgan fingerprint density at radius 3 is 2.38 bits per heavy atom. The first-order valence-electron chi connectivity index (χ1n) is 13.7. The molecule has 0 bridgehead atoms. The van der Waals surface area contributed by atoms with Crippen molar-refractivity contribution in [1.82, 2.24) is 19.1 Å². The summed E-state index contributed by atoms with van der Waals surface area (Å²) in [6, 6.07) is 26.1. The monoisotopic (exact) mass is 528 g/mol. The summed E-state index contributed by atoms with van der Waals surface area (Å²) in [6.07, 6.45) is 1.89. The first-order chi connectivity index (χ1) is 19.4. The number of carboxylic acids is 1. The summed E-state index contributed by atoms with van der Waals surface area (Å²) in [5.41, 5.74) is 10.6. The van der Waals surface area contributed by atoms with E-state index in [0.717, 1.165) is 79.9 Å². The summed E-state index contributed by atoms with van der Waals surface area (Å²) in [7, 11) is 2.07. The van der Waals surface area contributed by atoms with Gasteiger partial charge in [-0.3, -0.25) is 0 Å². The lowest BCUT2D eigenvalue weighted by atomic mass is 9.94. The minimum Gasteiger partial charge on any atom is -0.478 e. The van der Waals surface area contributed by atoms with Crippen LogP contribution in [0.15, 0.2) is 78.9 Å². The second-order valence-electron chi connectivity index (χ2n) is 10.5. The van der Waals surface area contributed by atoms with Crippen LogP contribution >= 0.6 is 0 Å². The Hall–Kier alpha value is -4.71. The van der Waals surface area contributed by atoms with Crippen molar-refractivity contribution in [2.75, 3.05) is 0 Å². The molecule has 6 heteroatoms. The van der Waals surface area contributed by atoms with Crippen molar-refractivity contribution in [3.63, 3.8) is 0 Å². The lowest BCUT2D eigenvalue weighted by molar-refractivity contribution is 0.0697. The van der Waals surface area contributed by atoms with Gasteiger partial charge in [0.1, 0.15) is 11.6 Å². The summed E-state index contributed by atoms with van der Waals surface area (Å²) in [5.74, 6) is 1.09. The average molecular weight is 529 g/mol. The first-order valence-corrected chi connectivity index (χ1v) is 13.7. The van der Waals surface area contributed by atoms with Crippen LogP contribution in [0.5, 0.6) is 0 Å². The molecule has 0 atom stereocenters. The Bertz CT molecular complexity index is 1910. The molecule has 40 heavy (non-hydrogen) atoms. The largest absolute Gasteiger partial charge is 0.478 e. The molecular formula is C34H32N4O2. The number of aryl methyl sites for hydroxylation is 4. The number of hydrogen-bond acceptors (Lipinski definition) is 3. The molecule has 6 nitrogen and oxygen atoms in total. The molecule has 1 N–H and O–H groups in total. The minimum atomic E-state index is -0.917. The van der Waals surface area contributed by atoms with Gasteiger partial charge in [-0.25, -0.2) is 14.8 Å². The van der Waals surface area contributed by atoms with E-state index in [2.05, 4.69) is 66.4 Å². The Labute approximate surface area is 233 Å². The lowest BCUT2D eigenvalue weighted by Crippen LogP contribution is -2.06. The number of hydrogen-bond donors (Lipinski definition) is 1. The predicted molar refractivity (Wildman–Crippen MR) is 161 cm³/mol. The van der Waals surface area contributed by atoms with Gasteiger partial charge in [0.25, 0.3) is 0 Å². The van der Waals surface area contributed by atoms with Crippen molar-refractivity contribution in [3.05, 3.63) is 107 Å². The van der Waals surface area contributed by atoms with Gasteiger partial charge in [0.15, 0.2) is 0 Å². The van der Waals surface area contributed by atoms with Gasteiger partial charge >= 0.3 is 5.97 Å². The number of carbonyl (C=O) groups is 1. The van der Waals surface area contributed by atoms with E-state index in [4.69, 9.17) is 9.97 Å². The molecule has 2 aromatic heterocycles. The second-order valence-corrected chi connectivity index (χ2v) is 10.5. The number of benzene rings is 4. The highest BCUT2D eigenvalue weighted by molar-refractivity contribution is 5.96. The van der Waals surface area contributed by atoms with Gasteiger partial charge < -0.3 is 14.2 Å². The maximum absolute atomic E-state index is 11.8. The van der Waals surface area contributed by atoms with Crippen molar-refractivity contribution in [1.29, 1.82) is 0 Å². The van der Waals surface area contributed by atoms with Crippen molar-refractivity contribution < 1.29 is 9.90 Å². The van der Waals surface area contributed by atoms with Gasteiger partial charge in [0.05, 0.1) is 27.6 Å². The van der Waals surface area contributed by atoms with Crippen molar-refractivity contribution in [2.45, 2.75) is 40.2 Å². The third-order valence-electron chi connectivity index (χ3n) is 7.72. The standard InChI is InChI=1S/C34H32N4O2/c1-5-10-31-36-32-22(3)18-24(33-35-28-13-8-9-14-29(28)37(33)4)19-30(32)38(31)20-23-15-16-25(21(2)17-23)26-11-6-7-12-27(26)34(39)40/h6-9,11-19H,5,10,20H2,1-4H3,(H,39,40). The van der Waals surface area contributed by atoms with Crippen LogP contribution < -0.4 is 0 Å². The van der Waals surface area contributed by atoms with E-state index in [1.807, 2.05) is 37.3 Å². The van der Waals surface area contributed by atoms with Crippen LogP contribution in [0, 0.1) is 13.8 Å². The SMILES string of the molecule is CCCc1nc2c(C)cc(-c3nc4ccccc4n3C)cc2n1Cc1ccc(-c2ccccc2C(=O)O)c(C)c1. The van der Waals surface area contributed by atoms with E-state index in [1.54, 1.807) is 12.1 Å². The number of aromatic carboxylic acids is 1. The van der Waals surface area contributed by atoms with Crippen LogP contribution in [0.4, 0.5) is 0 Å². The van der Waals surface area contributed by atoms with Crippen LogP contribution in [0.2, 0.25) is 0 Å². The number of rotatable bonds is 7. The molecule has 0 spiro atoms. The molecule has 0 aliphatic heterocycles. The smallest absolute Gasteiger partial charge is 0.336 e. The Morgan fingerprint density at radius 1 is 0.850 bits per heavy atom. The zero-order valence-electron chi connectivity index (χ0n) is 23.3. The molecule has 0 aliphatic rings.